The van der Waals surface area contributed by atoms with Gasteiger partial charge in [0.1, 0.15) is 5.58 Å². The molecule has 3 aromatic rings. The Kier molecular flexibility index (Phi) is 4.34. The minimum atomic E-state index is -0.419. The summed E-state index contributed by atoms with van der Waals surface area (Å²) in [6.07, 6.45) is 0. The smallest absolute Gasteiger partial charge is 0.290 e. The van der Waals surface area contributed by atoms with Crippen LogP contribution < -0.4 is 5.43 Å². The number of carbonyl (C=O) groups excluding carboxylic acids is 1. The number of fused-ring (bicyclic) bond motifs is 2. The number of hydrogen-bond donors (Lipinski definition) is 0. The van der Waals surface area contributed by atoms with Crippen LogP contribution in [0.5, 0.6) is 0 Å². The fraction of sp³-hybridized carbons (Fsp3) is 0.263. The Morgan fingerprint density at radius 2 is 2.08 bits per heavy atom. The van der Waals surface area contributed by atoms with Crippen molar-refractivity contribution in [1.82, 2.24) is 9.80 Å². The van der Waals surface area contributed by atoms with Gasteiger partial charge >= 0.3 is 0 Å². The monoisotopic (exact) mass is 388 g/mol. The first-order chi connectivity index (χ1) is 12.5. The van der Waals surface area contributed by atoms with E-state index >= 15 is 0 Å². The van der Waals surface area contributed by atoms with Crippen LogP contribution >= 0.6 is 22.9 Å². The lowest BCUT2D eigenvalue weighted by molar-refractivity contribution is 0.0718. The number of hydrogen-bond acceptors (Lipinski definition) is 5. The van der Waals surface area contributed by atoms with E-state index in [0.717, 1.165) is 4.88 Å². The molecule has 1 aliphatic heterocycles. The summed E-state index contributed by atoms with van der Waals surface area (Å²) in [7, 11) is 3.90. The topological polar surface area (TPSA) is 53.8 Å². The van der Waals surface area contributed by atoms with E-state index in [1.165, 1.54) is 11.3 Å². The lowest BCUT2D eigenvalue weighted by Gasteiger charge is -2.25. The van der Waals surface area contributed by atoms with E-state index in [9.17, 15) is 9.59 Å². The number of halogens is 1. The van der Waals surface area contributed by atoms with Gasteiger partial charge in [-0.2, -0.15) is 0 Å². The van der Waals surface area contributed by atoms with E-state index in [2.05, 4.69) is 0 Å². The highest BCUT2D eigenvalue weighted by Crippen LogP contribution is 2.39. The maximum atomic E-state index is 13.2. The molecule has 1 unspecified atom stereocenters. The van der Waals surface area contributed by atoms with Gasteiger partial charge in [-0.3, -0.25) is 9.59 Å². The van der Waals surface area contributed by atoms with Crippen molar-refractivity contribution in [2.24, 2.45) is 0 Å². The van der Waals surface area contributed by atoms with Gasteiger partial charge in [0, 0.05) is 23.0 Å². The van der Waals surface area contributed by atoms with Gasteiger partial charge in [0.15, 0.2) is 5.43 Å². The second kappa shape index (κ2) is 6.54. The number of nitrogens with zero attached hydrogens (tertiary/aromatic N) is 2. The van der Waals surface area contributed by atoms with Crippen molar-refractivity contribution < 1.29 is 9.21 Å². The van der Waals surface area contributed by atoms with E-state index in [0.29, 0.717) is 34.6 Å². The van der Waals surface area contributed by atoms with Crippen LogP contribution in [0.15, 0.2) is 44.9 Å². The molecule has 0 radical (unpaired) electrons. The molecule has 1 aromatic carbocycles. The fourth-order valence-corrected chi connectivity index (χ4v) is 4.29. The van der Waals surface area contributed by atoms with Crippen molar-refractivity contribution in [2.75, 3.05) is 27.2 Å². The molecular formula is C19H17ClN2O3S. The van der Waals surface area contributed by atoms with Gasteiger partial charge in [0.05, 0.1) is 17.0 Å². The van der Waals surface area contributed by atoms with Crippen molar-refractivity contribution in [2.45, 2.75) is 6.04 Å². The summed E-state index contributed by atoms with van der Waals surface area (Å²) >= 11 is 7.59. The number of amides is 1. The molecule has 26 heavy (non-hydrogen) atoms. The Labute approximate surface area is 159 Å². The Bertz CT molecular complexity index is 1040. The predicted octanol–water partition coefficient (Wildman–Crippen LogP) is 3.61. The SMILES string of the molecule is CN(C)CCN1C(=O)c2oc3ccc(Cl)cc3c(=O)c2C1c1cccs1. The zero-order valence-corrected chi connectivity index (χ0v) is 15.9. The molecule has 0 fully saturated rings. The summed E-state index contributed by atoms with van der Waals surface area (Å²) in [6, 6.07) is 8.33. The van der Waals surface area contributed by atoms with Crippen molar-refractivity contribution >= 4 is 39.8 Å². The first-order valence-electron chi connectivity index (χ1n) is 8.22. The molecule has 1 atom stereocenters. The van der Waals surface area contributed by atoms with Crippen molar-refractivity contribution in [1.29, 1.82) is 0 Å². The molecule has 0 aliphatic carbocycles. The van der Waals surface area contributed by atoms with Crippen LogP contribution in [0.4, 0.5) is 0 Å². The van der Waals surface area contributed by atoms with Crippen molar-refractivity contribution in [3.05, 3.63) is 67.2 Å². The highest BCUT2D eigenvalue weighted by Gasteiger charge is 2.42. The Balaban J connectivity index is 1.94. The minimum Gasteiger partial charge on any atom is -0.450 e. The molecular weight excluding hydrogens is 372 g/mol. The van der Waals surface area contributed by atoms with Crippen LogP contribution in [-0.4, -0.2) is 42.9 Å². The van der Waals surface area contributed by atoms with E-state index in [1.807, 2.05) is 36.5 Å². The largest absolute Gasteiger partial charge is 0.450 e. The molecule has 1 amide bonds. The lowest BCUT2D eigenvalue weighted by atomic mass is 10.0. The van der Waals surface area contributed by atoms with Crippen molar-refractivity contribution in [3.63, 3.8) is 0 Å². The second-order valence-corrected chi connectivity index (χ2v) is 7.95. The maximum Gasteiger partial charge on any atom is 0.290 e. The van der Waals surface area contributed by atoms with E-state index < -0.39 is 6.04 Å². The Morgan fingerprint density at radius 3 is 2.77 bits per heavy atom. The van der Waals surface area contributed by atoms with Gasteiger partial charge < -0.3 is 14.2 Å². The van der Waals surface area contributed by atoms with Crippen LogP contribution in [0.25, 0.3) is 11.0 Å². The van der Waals surface area contributed by atoms with Crippen LogP contribution in [0, 0.1) is 0 Å². The van der Waals surface area contributed by atoms with Gasteiger partial charge in [0.25, 0.3) is 5.91 Å². The fourth-order valence-electron chi connectivity index (χ4n) is 3.27. The molecule has 0 spiro atoms. The second-order valence-electron chi connectivity index (χ2n) is 6.53. The minimum absolute atomic E-state index is 0.141. The molecule has 1 aliphatic rings. The predicted molar refractivity (Wildman–Crippen MR) is 103 cm³/mol. The maximum absolute atomic E-state index is 13.2. The average molecular weight is 389 g/mol. The van der Waals surface area contributed by atoms with Gasteiger partial charge in [0.2, 0.25) is 5.76 Å². The molecule has 0 bridgehead atoms. The zero-order valence-electron chi connectivity index (χ0n) is 14.4. The summed E-state index contributed by atoms with van der Waals surface area (Å²) in [4.78, 5) is 30.9. The molecule has 7 heteroatoms. The molecule has 134 valence electrons. The normalized spacial score (nSPS) is 16.7. The highest BCUT2D eigenvalue weighted by atomic mass is 35.5. The van der Waals surface area contributed by atoms with Crippen LogP contribution in [0.3, 0.4) is 0 Å². The van der Waals surface area contributed by atoms with Crippen LogP contribution in [0.2, 0.25) is 5.02 Å². The molecule has 3 heterocycles. The standard InChI is InChI=1S/C19H17ClN2O3S/c1-21(2)7-8-22-16(14-4-3-9-26-14)15-17(23)12-10-11(20)5-6-13(12)25-18(15)19(22)24/h3-6,9-10,16H,7-8H2,1-2H3. The molecule has 0 N–H and O–H groups in total. The highest BCUT2D eigenvalue weighted by molar-refractivity contribution is 7.10. The zero-order chi connectivity index (χ0) is 18.4. The van der Waals surface area contributed by atoms with E-state index in [-0.39, 0.29) is 17.1 Å². The van der Waals surface area contributed by atoms with Gasteiger partial charge in [-0.15, -0.1) is 11.3 Å². The summed E-state index contributed by atoms with van der Waals surface area (Å²) in [5.74, 6) is -0.101. The summed E-state index contributed by atoms with van der Waals surface area (Å²) < 4.78 is 5.86. The van der Waals surface area contributed by atoms with Crippen LogP contribution in [0.1, 0.15) is 27.0 Å². The van der Waals surface area contributed by atoms with Gasteiger partial charge in [-0.05, 0) is 43.7 Å². The number of likely N-dealkylation sites (N-methyl/N-ethyl adjacent to an activating group) is 1. The summed E-state index contributed by atoms with van der Waals surface area (Å²) in [5.41, 5.74) is 0.597. The third-order valence-electron chi connectivity index (χ3n) is 4.53. The van der Waals surface area contributed by atoms with Gasteiger partial charge in [-0.1, -0.05) is 17.7 Å². The molecule has 5 nitrogen and oxygen atoms in total. The van der Waals surface area contributed by atoms with E-state index in [4.69, 9.17) is 16.0 Å². The van der Waals surface area contributed by atoms with Gasteiger partial charge in [-0.25, -0.2) is 0 Å². The molecule has 2 aromatic heterocycles. The average Bonchev–Trinajstić information content (AvgIpc) is 3.21. The molecule has 0 saturated heterocycles. The third kappa shape index (κ3) is 2.74. The summed E-state index contributed by atoms with van der Waals surface area (Å²) in [6.45, 7) is 1.20. The lowest BCUT2D eigenvalue weighted by Crippen LogP contribution is -2.35. The Hall–Kier alpha value is -2.15. The quantitative estimate of drug-likeness (QED) is 0.685. The van der Waals surface area contributed by atoms with Crippen LogP contribution in [-0.2, 0) is 0 Å². The number of rotatable bonds is 4. The third-order valence-corrected chi connectivity index (χ3v) is 5.69. The van der Waals surface area contributed by atoms with Crippen molar-refractivity contribution in [3.8, 4) is 0 Å². The molecule has 4 rings (SSSR count). The number of thiophene rings is 1. The number of benzene rings is 1. The Morgan fingerprint density at radius 1 is 1.27 bits per heavy atom. The first kappa shape index (κ1) is 17.3. The molecule has 0 saturated carbocycles. The number of carbonyl (C=O) groups is 1. The summed E-state index contributed by atoms with van der Waals surface area (Å²) in [5, 5.41) is 2.81. The first-order valence-corrected chi connectivity index (χ1v) is 9.48. The van der Waals surface area contributed by atoms with E-state index in [1.54, 1.807) is 23.1 Å².